The van der Waals surface area contributed by atoms with Gasteiger partial charge >= 0.3 is 35.0 Å². The molecule has 0 N–H and O–H groups in total. The molecule has 0 unspecified atom stereocenters. The summed E-state index contributed by atoms with van der Waals surface area (Å²) in [6.45, 7) is 0. The third-order valence-electron chi connectivity index (χ3n) is 2.93. The maximum Gasteiger partial charge on any atom is 0 e. The Morgan fingerprint density at radius 1 is 0.760 bits per heavy atom. The van der Waals surface area contributed by atoms with E-state index in [4.69, 9.17) is 42.3 Å². The molecule has 0 aromatic heterocycles. The molecule has 140 valence electrons. The Morgan fingerprint density at radius 3 is 1.48 bits per heavy atom. The first-order valence-corrected chi connectivity index (χ1v) is 13.3. The van der Waals surface area contributed by atoms with E-state index in [1.54, 1.807) is 0 Å². The number of benzene rings is 2. The van der Waals surface area contributed by atoms with Crippen LogP contribution in [0.1, 0.15) is 0 Å². The maximum absolute atomic E-state index is 4.81. The van der Waals surface area contributed by atoms with Gasteiger partial charge in [0.15, 0.2) is 0 Å². The molecule has 3 aromatic rings. The van der Waals surface area contributed by atoms with E-state index in [0.29, 0.717) is 0 Å². The van der Waals surface area contributed by atoms with Crippen LogP contribution in [0.2, 0.25) is 0 Å². The molecule has 25 heavy (non-hydrogen) atoms. The van der Waals surface area contributed by atoms with Crippen LogP contribution < -0.4 is 15.9 Å². The van der Waals surface area contributed by atoms with Crippen LogP contribution in [0.15, 0.2) is 84.9 Å². The Balaban J connectivity index is 0.000000729. The van der Waals surface area contributed by atoms with Crippen LogP contribution in [0, 0.1) is 0 Å². The Bertz CT molecular complexity index is 597. The van der Waals surface area contributed by atoms with Crippen LogP contribution in [-0.4, -0.2) is 5.34 Å². The van der Waals surface area contributed by atoms with Crippen molar-refractivity contribution in [1.82, 2.24) is 0 Å². The number of halogens is 4. The van der Waals surface area contributed by atoms with E-state index >= 15 is 0 Å². The van der Waals surface area contributed by atoms with E-state index in [1.807, 2.05) is 0 Å². The molecule has 0 aliphatic carbocycles. The third-order valence-corrected chi connectivity index (χ3v) is 5.38. The summed E-state index contributed by atoms with van der Waals surface area (Å²) in [5.41, 5.74) is 0. The van der Waals surface area contributed by atoms with Gasteiger partial charge < -0.3 is 0 Å². The molecule has 7 heteroatoms. The molecule has 0 aliphatic rings. The molecule has 0 bridgehead atoms. The molecule has 3 rings (SSSR count). The molecule has 3 aromatic carbocycles. The third kappa shape index (κ3) is 9.89. The fraction of sp³-hybridized carbons (Fsp3) is 0.0556. The van der Waals surface area contributed by atoms with Crippen LogP contribution >= 0.6 is 50.2 Å². The van der Waals surface area contributed by atoms with Gasteiger partial charge in [-0.05, 0) is 10.6 Å². The molecule has 0 aliphatic heterocycles. The van der Waals surface area contributed by atoms with Gasteiger partial charge in [0.1, 0.15) is 0 Å². The Hall–Kier alpha value is 0.562. The number of hydrogen-bond donors (Lipinski definition) is 0. The van der Waals surface area contributed by atoms with Gasteiger partial charge in [-0.2, -0.15) is 23.5 Å². The van der Waals surface area contributed by atoms with Crippen LogP contribution in [0.5, 0.6) is 0 Å². The zero-order valence-electron chi connectivity index (χ0n) is 12.9. The largest absolute Gasteiger partial charge is 0.206 e. The molecule has 0 amide bonds. The minimum atomic E-state index is -0.409. The minimum absolute atomic E-state index is 0. The summed E-state index contributed by atoms with van der Waals surface area (Å²) in [4.78, 5) is 0. The van der Waals surface area contributed by atoms with Crippen molar-refractivity contribution in [1.29, 1.82) is 0 Å². The summed E-state index contributed by atoms with van der Waals surface area (Å²) in [6.07, 6.45) is 0. The molecule has 0 saturated carbocycles. The summed E-state index contributed by atoms with van der Waals surface area (Å²) in [5.74, 6) is 0. The first-order chi connectivity index (χ1) is 11.8. The molecular formula is C18H16Cl4FePPd-. The Morgan fingerprint density at radius 2 is 1.16 bits per heavy atom. The van der Waals surface area contributed by atoms with Crippen molar-refractivity contribution >= 4 is 66.1 Å². The van der Waals surface area contributed by atoms with Gasteiger partial charge in [0.05, 0.1) is 5.34 Å². The summed E-state index contributed by atoms with van der Waals surface area (Å²) in [7, 11) is 9.22. The summed E-state index contributed by atoms with van der Waals surface area (Å²) in [6, 6.07) is 30.2. The van der Waals surface area contributed by atoms with Crippen LogP contribution in [0.3, 0.4) is 0 Å². The Kier molecular flexibility index (Phi) is 17.1. The second-order valence-electron chi connectivity index (χ2n) is 4.30. The first-order valence-electron chi connectivity index (χ1n) is 6.84. The van der Waals surface area contributed by atoms with Crippen molar-refractivity contribution < 1.29 is 33.0 Å². The number of rotatable bonds is 3. The molecule has 0 radical (unpaired) electrons. The van der Waals surface area contributed by atoms with Crippen molar-refractivity contribution in [3.05, 3.63) is 84.9 Å². The maximum atomic E-state index is 4.81. The zero-order valence-corrected chi connectivity index (χ0v) is 19.5. The average Bonchev–Trinajstić information content (AvgIpc) is 3.13. The van der Waals surface area contributed by atoms with E-state index in [1.165, 1.54) is 15.9 Å². The molecule has 0 nitrogen and oxygen atoms in total. The van der Waals surface area contributed by atoms with Crippen molar-refractivity contribution in [3.8, 4) is 0 Å². The van der Waals surface area contributed by atoms with E-state index in [-0.39, 0.29) is 38.3 Å². The molecule has 0 saturated heterocycles. The normalized spacial score (nSPS) is 9.32. The SMILES string of the molecule is ClCCl.[Cl][Pd][Cl].[Fe].c1ccc(P(c2ccccc2)c2cc[cH-]c2)cc1. The fourth-order valence-corrected chi connectivity index (χ4v) is 4.42. The molecule has 0 atom stereocenters. The molecule has 0 heterocycles. The van der Waals surface area contributed by atoms with Gasteiger partial charge in [0.2, 0.25) is 0 Å². The molecule has 0 fully saturated rings. The minimum Gasteiger partial charge on any atom is -0.206 e. The number of hydrogen-bond acceptors (Lipinski definition) is 0. The molecule has 0 spiro atoms. The van der Waals surface area contributed by atoms with Crippen LogP contribution in [-0.2, 0) is 33.0 Å². The van der Waals surface area contributed by atoms with Crippen molar-refractivity contribution in [2.24, 2.45) is 0 Å². The average molecular weight is 567 g/mol. The van der Waals surface area contributed by atoms with Gasteiger partial charge in [-0.1, -0.05) is 68.6 Å². The van der Waals surface area contributed by atoms with E-state index < -0.39 is 7.92 Å². The summed E-state index contributed by atoms with van der Waals surface area (Å²) >= 11 is 9.42. The van der Waals surface area contributed by atoms with Crippen LogP contribution in [0.4, 0.5) is 0 Å². The number of alkyl halides is 2. The van der Waals surface area contributed by atoms with E-state index in [2.05, 4.69) is 84.9 Å². The van der Waals surface area contributed by atoms with Gasteiger partial charge in [-0.15, -0.1) is 23.2 Å². The topological polar surface area (TPSA) is 0 Å². The van der Waals surface area contributed by atoms with Crippen molar-refractivity contribution in [3.63, 3.8) is 0 Å². The predicted octanol–water partition coefficient (Wildman–Crippen LogP) is 5.96. The first kappa shape index (κ1) is 25.6. The standard InChI is InChI=1S/C17H14P.CH2Cl2.2ClH.Fe.Pd/c1-3-9-15(10-4-1)18(17-13-7-8-14-17)16-11-5-2-6-12-16;2-1-3;;;;/h1-14H;1H2;2*1H;;/q-1;;;;;+2/p-2. The van der Waals surface area contributed by atoms with Crippen molar-refractivity contribution in [2.45, 2.75) is 0 Å². The van der Waals surface area contributed by atoms with Gasteiger partial charge in [-0.3, -0.25) is 0 Å². The van der Waals surface area contributed by atoms with E-state index in [0.717, 1.165) is 0 Å². The van der Waals surface area contributed by atoms with Crippen molar-refractivity contribution in [2.75, 3.05) is 5.34 Å². The Labute approximate surface area is 187 Å². The quantitative estimate of drug-likeness (QED) is 0.159. The van der Waals surface area contributed by atoms with Gasteiger partial charge in [0, 0.05) is 17.1 Å². The smallest absolute Gasteiger partial charge is 0 e. The predicted molar refractivity (Wildman–Crippen MR) is 109 cm³/mol. The zero-order chi connectivity index (χ0) is 17.6. The molecular weight excluding hydrogens is 551 g/mol. The van der Waals surface area contributed by atoms with Gasteiger partial charge in [0.25, 0.3) is 0 Å². The fourth-order valence-electron chi connectivity index (χ4n) is 2.11. The van der Waals surface area contributed by atoms with Crippen LogP contribution in [0.25, 0.3) is 0 Å². The second-order valence-corrected chi connectivity index (χ2v) is 9.68. The monoisotopic (exact) mass is 565 g/mol. The second kappa shape index (κ2) is 16.7. The summed E-state index contributed by atoms with van der Waals surface area (Å²) in [5, 5.41) is 4.43. The van der Waals surface area contributed by atoms with Gasteiger partial charge in [-0.25, -0.2) is 6.07 Å². The summed E-state index contributed by atoms with van der Waals surface area (Å²) < 4.78 is 0. The van der Waals surface area contributed by atoms with E-state index in [9.17, 15) is 0 Å².